The fourth-order valence-corrected chi connectivity index (χ4v) is 5.75. The van der Waals surface area contributed by atoms with Crippen LogP contribution in [-0.4, -0.2) is 13.5 Å². The highest BCUT2D eigenvalue weighted by molar-refractivity contribution is 7.28. The van der Waals surface area contributed by atoms with Gasteiger partial charge in [0.2, 0.25) is 0 Å². The lowest BCUT2D eigenvalue weighted by Crippen LogP contribution is -2.63. The predicted octanol–water partition coefficient (Wildman–Crippen LogP) is 2.11. The van der Waals surface area contributed by atoms with Gasteiger partial charge in [0.05, 0.1) is 0 Å². The minimum Gasteiger partial charge on any atom is -0.298 e. The van der Waals surface area contributed by atoms with E-state index in [4.69, 9.17) is 0 Å². The van der Waals surface area contributed by atoms with Gasteiger partial charge in [-0.2, -0.15) is 0 Å². The lowest BCUT2D eigenvalue weighted by atomic mass is 10.4. The summed E-state index contributed by atoms with van der Waals surface area (Å²) in [7, 11) is -2.77. The Balaban J connectivity index is 2.79. The first-order valence-corrected chi connectivity index (χ1v) is 8.47. The van der Waals surface area contributed by atoms with Crippen molar-refractivity contribution in [3.8, 4) is 11.5 Å². The fourth-order valence-electron chi connectivity index (χ4n) is 2.37. The second-order valence-corrected chi connectivity index (χ2v) is 7.82. The van der Waals surface area contributed by atoms with Crippen LogP contribution in [0.2, 0.25) is 0 Å². The van der Waals surface area contributed by atoms with E-state index in [0.29, 0.717) is 0 Å². The van der Waals surface area contributed by atoms with Gasteiger partial charge in [0.1, 0.15) is 0 Å². The Kier molecular flexibility index (Phi) is 4.34. The van der Waals surface area contributed by atoms with Crippen molar-refractivity contribution in [3.63, 3.8) is 0 Å². The molecule has 0 saturated carbocycles. The van der Waals surface area contributed by atoms with Crippen LogP contribution in [0.25, 0.3) is 0 Å². The first kappa shape index (κ1) is 14.0. The third-order valence-electron chi connectivity index (χ3n) is 3.28. The average molecular weight is 276 g/mol. The molecular formula is C18H16OSi. The normalized spacial score (nSPS) is 10.2. The summed E-state index contributed by atoms with van der Waals surface area (Å²) < 4.78 is 0. The molecule has 0 fully saturated rings. The number of hydrogen-bond acceptors (Lipinski definition) is 1. The molecule has 0 spiro atoms. The molecule has 1 nitrogen and oxygen atoms in total. The van der Waals surface area contributed by atoms with Crippen molar-refractivity contribution < 1.29 is 4.79 Å². The first-order valence-electron chi connectivity index (χ1n) is 6.47. The van der Waals surface area contributed by atoms with E-state index < -0.39 is 8.07 Å². The topological polar surface area (TPSA) is 17.1 Å². The van der Waals surface area contributed by atoms with Gasteiger partial charge in [-0.05, 0) is 23.4 Å². The maximum absolute atomic E-state index is 12.7. The standard InChI is InChI=1S/C18H16OSi/c1-3-15-20(18(19)4-2,16-11-7-5-8-12-16)17-13-9-6-10-14-17/h4-14H,2H2,1H3. The molecule has 0 radical (unpaired) electrons. The average Bonchev–Trinajstić information content (AvgIpc) is 2.53. The molecule has 0 amide bonds. The van der Waals surface area contributed by atoms with Crippen LogP contribution in [0.1, 0.15) is 6.92 Å². The van der Waals surface area contributed by atoms with Crippen molar-refractivity contribution in [1.82, 2.24) is 0 Å². The molecule has 0 aliphatic heterocycles. The van der Waals surface area contributed by atoms with Crippen molar-refractivity contribution in [1.29, 1.82) is 0 Å². The van der Waals surface area contributed by atoms with Gasteiger partial charge < -0.3 is 0 Å². The summed E-state index contributed by atoms with van der Waals surface area (Å²) in [4.78, 5) is 12.7. The van der Waals surface area contributed by atoms with E-state index in [1.807, 2.05) is 60.7 Å². The summed E-state index contributed by atoms with van der Waals surface area (Å²) in [6.45, 7) is 5.46. The van der Waals surface area contributed by atoms with E-state index in [9.17, 15) is 4.79 Å². The highest BCUT2D eigenvalue weighted by atomic mass is 28.3. The third kappa shape index (κ3) is 2.36. The molecule has 2 rings (SSSR count). The van der Waals surface area contributed by atoms with Crippen LogP contribution in [0.4, 0.5) is 0 Å². The predicted molar refractivity (Wildman–Crippen MR) is 86.6 cm³/mol. The van der Waals surface area contributed by atoms with Gasteiger partial charge in [-0.15, -0.1) is 11.5 Å². The number of allylic oxidation sites excluding steroid dienone is 1. The molecule has 2 heteroatoms. The Bertz CT molecular complexity index is 623. The van der Waals surface area contributed by atoms with Gasteiger partial charge in [0.25, 0.3) is 8.07 Å². The first-order chi connectivity index (χ1) is 9.75. The fraction of sp³-hybridized carbons (Fsp3) is 0.0556. The zero-order valence-corrected chi connectivity index (χ0v) is 12.5. The number of carbonyl (C=O) groups is 1. The summed E-state index contributed by atoms with van der Waals surface area (Å²) in [6.07, 6.45) is 1.41. The second-order valence-electron chi connectivity index (χ2n) is 4.43. The summed E-state index contributed by atoms with van der Waals surface area (Å²) in [6, 6.07) is 19.7. The smallest absolute Gasteiger partial charge is 0.276 e. The summed E-state index contributed by atoms with van der Waals surface area (Å²) in [5, 5.41) is 2.04. The number of hydrogen-bond donors (Lipinski definition) is 0. The zero-order valence-electron chi connectivity index (χ0n) is 11.5. The van der Waals surface area contributed by atoms with Crippen LogP contribution in [-0.2, 0) is 4.79 Å². The molecular weight excluding hydrogens is 260 g/mol. The van der Waals surface area contributed by atoms with Crippen molar-refractivity contribution >= 4 is 23.9 Å². The van der Waals surface area contributed by atoms with Crippen LogP contribution in [0.15, 0.2) is 73.3 Å². The van der Waals surface area contributed by atoms with Crippen LogP contribution >= 0.6 is 0 Å². The molecule has 2 aromatic carbocycles. The maximum Gasteiger partial charge on any atom is 0.276 e. The molecule has 0 unspecified atom stereocenters. The molecule has 0 aliphatic carbocycles. The van der Waals surface area contributed by atoms with E-state index in [-0.39, 0.29) is 5.41 Å². The van der Waals surface area contributed by atoms with Crippen molar-refractivity contribution in [2.75, 3.05) is 0 Å². The molecule has 0 bridgehead atoms. The Hall–Kier alpha value is -2.37. The quantitative estimate of drug-likeness (QED) is 0.475. The summed E-state index contributed by atoms with van der Waals surface area (Å²) >= 11 is 0. The minimum absolute atomic E-state index is 0.0317. The lowest BCUT2D eigenvalue weighted by Gasteiger charge is -2.24. The van der Waals surface area contributed by atoms with Gasteiger partial charge in [-0.3, -0.25) is 4.79 Å². The SMILES string of the molecule is C=CC(=O)[Si](C#CC)(c1ccccc1)c1ccccc1. The second kappa shape index (κ2) is 6.18. The van der Waals surface area contributed by atoms with Crippen LogP contribution in [0.5, 0.6) is 0 Å². The molecule has 0 heterocycles. The van der Waals surface area contributed by atoms with Gasteiger partial charge in [-0.1, -0.05) is 67.2 Å². The molecule has 0 aromatic heterocycles. The Morgan fingerprint density at radius 1 is 1.00 bits per heavy atom. The van der Waals surface area contributed by atoms with E-state index in [1.165, 1.54) is 6.08 Å². The third-order valence-corrected chi connectivity index (χ3v) is 7.25. The van der Waals surface area contributed by atoms with Crippen molar-refractivity contribution in [3.05, 3.63) is 73.3 Å². The Morgan fingerprint density at radius 2 is 1.45 bits per heavy atom. The molecule has 0 aliphatic rings. The highest BCUT2D eigenvalue weighted by Gasteiger charge is 2.42. The van der Waals surface area contributed by atoms with Gasteiger partial charge in [0.15, 0.2) is 5.41 Å². The Morgan fingerprint density at radius 3 is 1.80 bits per heavy atom. The Labute approximate surface area is 121 Å². The molecule has 2 aromatic rings. The number of carbonyl (C=O) groups excluding carboxylic acids is 1. The van der Waals surface area contributed by atoms with E-state index in [2.05, 4.69) is 18.0 Å². The van der Waals surface area contributed by atoms with Crippen molar-refractivity contribution in [2.24, 2.45) is 0 Å². The largest absolute Gasteiger partial charge is 0.298 e. The molecule has 0 atom stereocenters. The zero-order chi connectivity index (χ0) is 14.4. The number of rotatable bonds is 4. The molecule has 98 valence electrons. The summed E-state index contributed by atoms with van der Waals surface area (Å²) in [5.74, 6) is 2.96. The van der Waals surface area contributed by atoms with Gasteiger partial charge in [-0.25, -0.2) is 0 Å². The minimum atomic E-state index is -2.77. The molecule has 0 saturated heterocycles. The van der Waals surface area contributed by atoms with Crippen molar-refractivity contribution in [2.45, 2.75) is 6.92 Å². The monoisotopic (exact) mass is 276 g/mol. The van der Waals surface area contributed by atoms with Gasteiger partial charge in [0, 0.05) is 0 Å². The van der Waals surface area contributed by atoms with Crippen LogP contribution < -0.4 is 10.4 Å². The maximum atomic E-state index is 12.7. The van der Waals surface area contributed by atoms with E-state index in [0.717, 1.165) is 10.4 Å². The van der Waals surface area contributed by atoms with E-state index in [1.54, 1.807) is 6.92 Å². The van der Waals surface area contributed by atoms with Crippen LogP contribution in [0.3, 0.4) is 0 Å². The molecule has 20 heavy (non-hydrogen) atoms. The highest BCUT2D eigenvalue weighted by Crippen LogP contribution is 2.07. The number of benzene rings is 2. The van der Waals surface area contributed by atoms with Gasteiger partial charge >= 0.3 is 0 Å². The van der Waals surface area contributed by atoms with Crippen LogP contribution in [0, 0.1) is 11.5 Å². The summed E-state index contributed by atoms with van der Waals surface area (Å²) in [5.41, 5.74) is 3.25. The van der Waals surface area contributed by atoms with E-state index >= 15 is 0 Å². The lowest BCUT2D eigenvalue weighted by molar-refractivity contribution is -0.108. The molecule has 0 N–H and O–H groups in total.